The van der Waals surface area contributed by atoms with Crippen LogP contribution in [0.4, 0.5) is 49.2 Å². The maximum Gasteiger partial charge on any atom is 0.431 e. The zero-order valence-corrected chi connectivity index (χ0v) is 27.6. The molecule has 4 rings (SSSR count). The number of aryl methyl sites for hydroxylation is 2. The molecule has 0 spiro atoms. The van der Waals surface area contributed by atoms with Gasteiger partial charge in [0, 0.05) is 42.1 Å². The van der Waals surface area contributed by atoms with Crippen LogP contribution in [0.1, 0.15) is 40.2 Å². The second kappa shape index (κ2) is 14.6. The van der Waals surface area contributed by atoms with Gasteiger partial charge in [-0.25, -0.2) is 4.79 Å². The van der Waals surface area contributed by atoms with Gasteiger partial charge in [0.15, 0.2) is 0 Å². The number of carbonyl (C=O) groups excluding carboxylic acids is 2. The van der Waals surface area contributed by atoms with Crippen LogP contribution in [-0.4, -0.2) is 36.2 Å². The molecule has 13 heteroatoms. The van der Waals surface area contributed by atoms with E-state index in [1.807, 2.05) is 50.4 Å². The minimum atomic E-state index is -0.341. The molecule has 0 bridgehead atoms. The number of urea groups is 1. The molecule has 0 saturated heterocycles. The van der Waals surface area contributed by atoms with Gasteiger partial charge < -0.3 is 30.9 Å². The van der Waals surface area contributed by atoms with Crippen LogP contribution in [0.15, 0.2) is 70.9 Å². The summed E-state index contributed by atoms with van der Waals surface area (Å²) in [5.74, 6) is 0.245. The largest absolute Gasteiger partial charge is 0.494 e. The quantitative estimate of drug-likeness (QED) is 0.0992. The van der Waals surface area contributed by atoms with E-state index in [2.05, 4.69) is 69.2 Å². The maximum absolute atomic E-state index is 12.4. The number of hydrogen-bond donors (Lipinski definition) is 4. The summed E-state index contributed by atoms with van der Waals surface area (Å²) < 4.78 is 7.35. The third-order valence-corrected chi connectivity index (χ3v) is 7.64. The van der Waals surface area contributed by atoms with E-state index in [-0.39, 0.29) is 24.0 Å². The molecule has 12 nitrogen and oxygen atoms in total. The van der Waals surface area contributed by atoms with Gasteiger partial charge in [-0.15, -0.1) is 4.68 Å². The van der Waals surface area contributed by atoms with Crippen LogP contribution < -0.4 is 35.6 Å². The van der Waals surface area contributed by atoms with Crippen molar-refractivity contribution in [1.82, 2.24) is 5.10 Å². The van der Waals surface area contributed by atoms with Gasteiger partial charge in [0.1, 0.15) is 18.5 Å². The molecule has 45 heavy (non-hydrogen) atoms. The Balaban J connectivity index is 1.53. The summed E-state index contributed by atoms with van der Waals surface area (Å²) in [5.41, 5.74) is 4.67. The summed E-state index contributed by atoms with van der Waals surface area (Å²) in [6, 6.07) is 18.4. The molecule has 3 aromatic carbocycles. The lowest BCUT2D eigenvalue weighted by Gasteiger charge is -2.28. The Hall–Kier alpha value is -5.04. The van der Waals surface area contributed by atoms with Crippen LogP contribution in [0, 0.1) is 6.92 Å². The minimum Gasteiger partial charge on any atom is -0.494 e. The fraction of sp³-hybridized carbons (Fsp3) is 0.312. The lowest BCUT2D eigenvalue weighted by Crippen LogP contribution is -2.39. The number of rotatable bonds is 11. The monoisotopic (exact) mass is 630 g/mol. The average Bonchev–Trinajstić information content (AvgIpc) is 3.33. The van der Waals surface area contributed by atoms with Crippen molar-refractivity contribution in [2.45, 2.75) is 53.6 Å². The number of hydrogen-bond acceptors (Lipinski definition) is 9. The predicted molar refractivity (Wildman–Crippen MR) is 181 cm³/mol. The highest BCUT2D eigenvalue weighted by atomic mass is 32.1. The molecule has 0 saturated carbocycles. The van der Waals surface area contributed by atoms with Gasteiger partial charge >= 0.3 is 11.2 Å². The molecule has 0 aliphatic carbocycles. The Labute approximate surface area is 267 Å². The topological polar surface area (TPSA) is 136 Å². The summed E-state index contributed by atoms with van der Waals surface area (Å²) in [5, 5.41) is 26.8. The van der Waals surface area contributed by atoms with E-state index in [0.29, 0.717) is 39.3 Å². The Morgan fingerprint density at radius 2 is 1.44 bits per heavy atom. The lowest BCUT2D eigenvalue weighted by molar-refractivity contribution is -0.712. The summed E-state index contributed by atoms with van der Waals surface area (Å²) >= 11 is 1.44. The van der Waals surface area contributed by atoms with Gasteiger partial charge in [0.25, 0.3) is 0 Å². The van der Waals surface area contributed by atoms with E-state index in [4.69, 9.17) is 4.74 Å². The van der Waals surface area contributed by atoms with Crippen LogP contribution in [-0.2, 0) is 11.8 Å². The zero-order valence-electron chi connectivity index (χ0n) is 26.8. The van der Waals surface area contributed by atoms with E-state index >= 15 is 0 Å². The molecule has 0 atom stereocenters. The van der Waals surface area contributed by atoms with Gasteiger partial charge in [0.2, 0.25) is 11.0 Å². The van der Waals surface area contributed by atoms with Gasteiger partial charge in [-0.2, -0.15) is 0 Å². The van der Waals surface area contributed by atoms with Crippen LogP contribution in [0.3, 0.4) is 0 Å². The summed E-state index contributed by atoms with van der Waals surface area (Å²) in [4.78, 5) is 26.7. The van der Waals surface area contributed by atoms with Crippen molar-refractivity contribution in [3.05, 3.63) is 66.2 Å². The number of nitrogens with one attached hydrogen (secondary N) is 4. The van der Waals surface area contributed by atoms with E-state index < -0.39 is 0 Å². The first-order chi connectivity index (χ1) is 21.4. The van der Waals surface area contributed by atoms with Crippen molar-refractivity contribution in [1.29, 1.82) is 0 Å². The highest BCUT2D eigenvalue weighted by Crippen LogP contribution is 2.39. The Morgan fingerprint density at radius 1 is 0.867 bits per heavy atom. The maximum atomic E-state index is 12.4. The first-order valence-corrected chi connectivity index (χ1v) is 15.3. The number of methoxy groups -OCH3 is 1. The Bertz CT molecular complexity index is 1660. The number of aromatic nitrogens is 2. The second-order valence-electron chi connectivity index (χ2n) is 11.0. The average molecular weight is 631 g/mol. The van der Waals surface area contributed by atoms with Crippen LogP contribution in [0.2, 0.25) is 0 Å². The SMILES string of the molecule is COc1cc(N=Nc2sc(N(C(C)C)C(C)C)n[n+]2C)c(NC(C)=O)cc1Nc1ccc(NC(=O)Nc2ccc(C)cc2)cc1. The highest BCUT2D eigenvalue weighted by Gasteiger charge is 2.24. The number of nitrogens with zero attached hydrogens (tertiary/aromatic N) is 5. The zero-order chi connectivity index (χ0) is 32.7. The van der Waals surface area contributed by atoms with Gasteiger partial charge in [0.05, 0.1) is 23.6 Å². The van der Waals surface area contributed by atoms with Crippen LogP contribution >= 0.6 is 11.3 Å². The number of amides is 3. The van der Waals surface area contributed by atoms with E-state index in [1.165, 1.54) is 18.3 Å². The number of ether oxygens (including phenoxy) is 1. The fourth-order valence-electron chi connectivity index (χ4n) is 4.59. The Kier molecular flexibility index (Phi) is 10.7. The standard InChI is InChI=1S/C32H39N9O3S/c1-19(2)41(20(3)4)32-39-40(7)31(45-32)38-37-27-18-29(44-8)28(17-26(27)33-22(6)42)34-23-13-15-25(16-14-23)36-30(43)35-24-11-9-21(5)10-12-24/h9-20H,1-8H3,(H3,33,34,35,36,37,42,43)/p+1. The molecule has 0 unspecified atom stereocenters. The summed E-state index contributed by atoms with van der Waals surface area (Å²) in [6.45, 7) is 11.9. The number of azo groups is 1. The first kappa shape index (κ1) is 32.9. The fourth-order valence-corrected chi connectivity index (χ4v) is 5.70. The van der Waals surface area contributed by atoms with Crippen molar-refractivity contribution < 1.29 is 19.0 Å². The van der Waals surface area contributed by atoms with Gasteiger partial charge in [-0.3, -0.25) is 4.79 Å². The molecule has 0 aliphatic heterocycles. The molecule has 0 fully saturated rings. The molecule has 0 aliphatic rings. The smallest absolute Gasteiger partial charge is 0.431 e. The van der Waals surface area contributed by atoms with E-state index in [0.717, 1.165) is 16.4 Å². The molecule has 4 N–H and O–H groups in total. The molecule has 1 heterocycles. The van der Waals surface area contributed by atoms with E-state index in [1.54, 1.807) is 36.1 Å². The van der Waals surface area contributed by atoms with Gasteiger partial charge in [-0.05, 0) is 93.5 Å². The van der Waals surface area contributed by atoms with Crippen molar-refractivity contribution in [2.24, 2.45) is 17.3 Å². The first-order valence-electron chi connectivity index (χ1n) is 14.5. The summed E-state index contributed by atoms with van der Waals surface area (Å²) in [7, 11) is 3.38. The van der Waals surface area contributed by atoms with Gasteiger partial charge in [-0.1, -0.05) is 22.8 Å². The lowest BCUT2D eigenvalue weighted by atomic mass is 10.2. The molecule has 4 aromatic rings. The third kappa shape index (κ3) is 8.76. The normalized spacial score (nSPS) is 11.2. The van der Waals surface area contributed by atoms with Crippen LogP contribution in [0.5, 0.6) is 5.75 Å². The number of anilines is 6. The minimum absolute atomic E-state index is 0.253. The van der Waals surface area contributed by atoms with Crippen molar-refractivity contribution in [2.75, 3.05) is 33.3 Å². The van der Waals surface area contributed by atoms with Crippen molar-refractivity contribution >= 4 is 67.7 Å². The highest BCUT2D eigenvalue weighted by molar-refractivity contribution is 7.18. The van der Waals surface area contributed by atoms with Crippen molar-refractivity contribution in [3.8, 4) is 5.75 Å². The molecule has 1 aromatic heterocycles. The Morgan fingerprint density at radius 3 is 2.00 bits per heavy atom. The predicted octanol–water partition coefficient (Wildman–Crippen LogP) is 7.67. The van der Waals surface area contributed by atoms with Crippen molar-refractivity contribution in [3.63, 3.8) is 0 Å². The van der Waals surface area contributed by atoms with E-state index in [9.17, 15) is 9.59 Å². The number of benzene rings is 3. The molecule has 0 radical (unpaired) electrons. The molecule has 236 valence electrons. The van der Waals surface area contributed by atoms with Crippen LogP contribution in [0.25, 0.3) is 0 Å². The molecular formula is C32H40N9O3S+. The summed E-state index contributed by atoms with van der Waals surface area (Å²) in [6.07, 6.45) is 0. The second-order valence-corrected chi connectivity index (χ2v) is 11.9. The third-order valence-electron chi connectivity index (χ3n) is 6.63. The molecular weight excluding hydrogens is 590 g/mol. The number of carbonyl (C=O) groups is 2. The molecule has 3 amide bonds.